The Labute approximate surface area is 110 Å². The van der Waals surface area contributed by atoms with Crippen molar-refractivity contribution in [1.29, 1.82) is 0 Å². The Morgan fingerprint density at radius 2 is 1.89 bits per heavy atom. The molecule has 0 unspecified atom stereocenters. The summed E-state index contributed by atoms with van der Waals surface area (Å²) in [5.41, 5.74) is -0.430. The van der Waals surface area contributed by atoms with Gasteiger partial charge in [0.1, 0.15) is 5.72 Å². The number of ether oxygens (including phenoxy) is 1. The number of nitrogens with one attached hydrogen (secondary N) is 1. The highest BCUT2D eigenvalue weighted by Crippen LogP contribution is 2.51. The molecule has 1 aliphatic heterocycles. The zero-order valence-electron chi connectivity index (χ0n) is 12.0. The first-order chi connectivity index (χ1) is 8.08. The SMILES string of the molecule is CCC1(S(=O)(=O)C(C)(C)[C@H]2COC(C)(C)N2)CC1. The first-order valence-corrected chi connectivity index (χ1v) is 8.22. The number of hydrogen-bond donors (Lipinski definition) is 1. The molecule has 2 rings (SSSR count). The molecule has 0 aromatic carbocycles. The van der Waals surface area contributed by atoms with Crippen molar-refractivity contribution >= 4 is 9.84 Å². The van der Waals surface area contributed by atoms with E-state index in [-0.39, 0.29) is 6.04 Å². The first-order valence-electron chi connectivity index (χ1n) is 6.74. The summed E-state index contributed by atoms with van der Waals surface area (Å²) in [4.78, 5) is 0. The molecular weight excluding hydrogens is 250 g/mol. The van der Waals surface area contributed by atoms with Crippen LogP contribution in [0.1, 0.15) is 53.9 Å². The van der Waals surface area contributed by atoms with Gasteiger partial charge in [-0.1, -0.05) is 6.92 Å². The van der Waals surface area contributed by atoms with Crippen LogP contribution in [0.2, 0.25) is 0 Å². The molecule has 1 saturated carbocycles. The summed E-state index contributed by atoms with van der Waals surface area (Å²) in [7, 11) is -3.15. The molecular formula is C13H25NO3S. The minimum Gasteiger partial charge on any atom is -0.360 e. The fraction of sp³-hybridized carbons (Fsp3) is 1.00. The Kier molecular flexibility index (Phi) is 3.12. The average molecular weight is 275 g/mol. The first kappa shape index (κ1) is 14.3. The summed E-state index contributed by atoms with van der Waals surface area (Å²) in [6, 6.07) is -0.137. The normalized spacial score (nSPS) is 30.4. The Morgan fingerprint density at radius 1 is 1.33 bits per heavy atom. The molecule has 1 N–H and O–H groups in total. The predicted molar refractivity (Wildman–Crippen MR) is 72.2 cm³/mol. The highest BCUT2D eigenvalue weighted by atomic mass is 32.2. The second-order valence-electron chi connectivity index (χ2n) is 6.66. The number of hydrogen-bond acceptors (Lipinski definition) is 4. The van der Waals surface area contributed by atoms with Crippen molar-refractivity contribution < 1.29 is 13.2 Å². The van der Waals surface area contributed by atoms with Gasteiger partial charge in [0.05, 0.1) is 22.1 Å². The van der Waals surface area contributed by atoms with Gasteiger partial charge < -0.3 is 4.74 Å². The van der Waals surface area contributed by atoms with Crippen molar-refractivity contribution in [3.05, 3.63) is 0 Å². The van der Waals surface area contributed by atoms with Gasteiger partial charge in [-0.25, -0.2) is 8.42 Å². The van der Waals surface area contributed by atoms with Gasteiger partial charge >= 0.3 is 0 Å². The number of sulfone groups is 1. The molecule has 2 aliphatic rings. The van der Waals surface area contributed by atoms with E-state index in [1.54, 1.807) is 0 Å². The van der Waals surface area contributed by atoms with Crippen molar-refractivity contribution in [2.24, 2.45) is 0 Å². The minimum absolute atomic E-state index is 0.137. The third-order valence-corrected chi connectivity index (χ3v) is 8.19. The highest BCUT2D eigenvalue weighted by Gasteiger charge is 2.61. The molecule has 1 atom stereocenters. The van der Waals surface area contributed by atoms with Gasteiger partial charge in [-0.2, -0.15) is 0 Å². The minimum atomic E-state index is -3.15. The van der Waals surface area contributed by atoms with Crippen LogP contribution in [0, 0.1) is 0 Å². The summed E-state index contributed by atoms with van der Waals surface area (Å²) < 4.78 is 30.1. The van der Waals surface area contributed by atoms with Crippen molar-refractivity contribution in [3.8, 4) is 0 Å². The van der Waals surface area contributed by atoms with Crippen molar-refractivity contribution in [2.45, 2.75) is 75.1 Å². The van der Waals surface area contributed by atoms with Gasteiger partial charge in [0.2, 0.25) is 0 Å². The monoisotopic (exact) mass is 275 g/mol. The molecule has 0 aromatic heterocycles. The zero-order valence-corrected chi connectivity index (χ0v) is 12.9. The lowest BCUT2D eigenvalue weighted by Gasteiger charge is -2.35. The standard InChI is InChI=1S/C13H25NO3S/c1-6-13(7-8-13)18(15,16)11(2,3)10-9-17-12(4,5)14-10/h10,14H,6-9H2,1-5H3/t10-/m1/s1. The topological polar surface area (TPSA) is 55.4 Å². The van der Waals surface area contributed by atoms with Gasteiger partial charge in [-0.15, -0.1) is 0 Å². The lowest BCUT2D eigenvalue weighted by atomic mass is 10.0. The Hall–Kier alpha value is -0.130. The van der Waals surface area contributed by atoms with Gasteiger partial charge in [0, 0.05) is 0 Å². The Balaban J connectivity index is 2.27. The zero-order chi connectivity index (χ0) is 13.8. The van der Waals surface area contributed by atoms with Crippen LogP contribution in [0.4, 0.5) is 0 Å². The van der Waals surface area contributed by atoms with E-state index in [0.717, 1.165) is 19.3 Å². The lowest BCUT2D eigenvalue weighted by molar-refractivity contribution is 0.0230. The molecule has 5 heteroatoms. The van der Waals surface area contributed by atoms with Crippen LogP contribution in [0.25, 0.3) is 0 Å². The molecule has 0 spiro atoms. The van der Waals surface area contributed by atoms with Crippen LogP contribution >= 0.6 is 0 Å². The average Bonchev–Trinajstić information content (AvgIpc) is 2.98. The molecule has 0 aromatic rings. The van der Waals surface area contributed by atoms with E-state index in [0.29, 0.717) is 6.61 Å². The van der Waals surface area contributed by atoms with Crippen LogP contribution in [-0.4, -0.2) is 36.3 Å². The van der Waals surface area contributed by atoms with Gasteiger partial charge in [-0.05, 0) is 47.0 Å². The molecule has 2 fully saturated rings. The number of rotatable bonds is 4. The molecule has 0 radical (unpaired) electrons. The van der Waals surface area contributed by atoms with Crippen molar-refractivity contribution in [2.75, 3.05) is 6.61 Å². The third kappa shape index (κ3) is 1.91. The largest absolute Gasteiger partial charge is 0.360 e. The van der Waals surface area contributed by atoms with Crippen LogP contribution in [0.5, 0.6) is 0 Å². The molecule has 4 nitrogen and oxygen atoms in total. The van der Waals surface area contributed by atoms with E-state index in [2.05, 4.69) is 5.32 Å². The van der Waals surface area contributed by atoms with E-state index < -0.39 is 25.1 Å². The summed E-state index contributed by atoms with van der Waals surface area (Å²) in [5.74, 6) is 0. The van der Waals surface area contributed by atoms with Crippen molar-refractivity contribution in [3.63, 3.8) is 0 Å². The van der Waals surface area contributed by atoms with Gasteiger partial charge in [-0.3, -0.25) is 5.32 Å². The predicted octanol–water partition coefficient (Wildman–Crippen LogP) is 1.85. The lowest BCUT2D eigenvalue weighted by Crippen LogP contribution is -2.56. The van der Waals surface area contributed by atoms with Gasteiger partial charge in [0.15, 0.2) is 9.84 Å². The molecule has 18 heavy (non-hydrogen) atoms. The van der Waals surface area contributed by atoms with Crippen LogP contribution < -0.4 is 5.32 Å². The summed E-state index contributed by atoms with van der Waals surface area (Å²) >= 11 is 0. The second kappa shape index (κ2) is 3.93. The molecule has 1 heterocycles. The summed E-state index contributed by atoms with van der Waals surface area (Å²) in [6.45, 7) is 9.97. The quantitative estimate of drug-likeness (QED) is 0.850. The fourth-order valence-corrected chi connectivity index (χ4v) is 5.50. The van der Waals surface area contributed by atoms with Crippen LogP contribution in [0.3, 0.4) is 0 Å². The van der Waals surface area contributed by atoms with E-state index in [1.165, 1.54) is 0 Å². The van der Waals surface area contributed by atoms with E-state index in [1.807, 2.05) is 34.6 Å². The summed E-state index contributed by atoms with van der Waals surface area (Å²) in [5, 5.41) is 3.30. The maximum absolute atomic E-state index is 12.9. The molecule has 0 bridgehead atoms. The van der Waals surface area contributed by atoms with Crippen molar-refractivity contribution in [1.82, 2.24) is 5.32 Å². The fourth-order valence-electron chi connectivity index (χ4n) is 2.87. The van der Waals surface area contributed by atoms with Gasteiger partial charge in [0.25, 0.3) is 0 Å². The Morgan fingerprint density at radius 3 is 2.22 bits per heavy atom. The van der Waals surface area contributed by atoms with Crippen LogP contribution in [0.15, 0.2) is 0 Å². The third-order valence-electron chi connectivity index (χ3n) is 4.69. The highest BCUT2D eigenvalue weighted by molar-refractivity contribution is 7.94. The molecule has 106 valence electrons. The van der Waals surface area contributed by atoms with Crippen LogP contribution in [-0.2, 0) is 14.6 Å². The maximum atomic E-state index is 12.9. The van der Waals surface area contributed by atoms with E-state index in [4.69, 9.17) is 4.74 Å². The van der Waals surface area contributed by atoms with E-state index in [9.17, 15) is 8.42 Å². The molecule has 1 aliphatic carbocycles. The summed E-state index contributed by atoms with van der Waals surface area (Å²) in [6.07, 6.45) is 2.34. The smallest absolute Gasteiger partial charge is 0.162 e. The molecule has 0 amide bonds. The molecule has 1 saturated heterocycles. The second-order valence-corrected chi connectivity index (χ2v) is 9.59. The maximum Gasteiger partial charge on any atom is 0.162 e. The van der Waals surface area contributed by atoms with E-state index >= 15 is 0 Å². The Bertz CT molecular complexity index is 435.